The SMILES string of the molecule is N#CC1(NC2CCCCC2)CCc2c(F)cccc21. The quantitative estimate of drug-likeness (QED) is 0.882. The standard InChI is InChI=1S/C16H19FN2/c17-15-8-4-7-14-13(15)9-10-16(14,11-18)19-12-5-2-1-3-6-12/h4,7-8,12,19H,1-3,5-6,9-10H2. The molecule has 3 heteroatoms. The number of nitrogens with zero attached hydrogens (tertiary/aromatic N) is 1. The summed E-state index contributed by atoms with van der Waals surface area (Å²) in [4.78, 5) is 0. The molecule has 0 spiro atoms. The molecule has 0 heterocycles. The molecule has 1 saturated carbocycles. The summed E-state index contributed by atoms with van der Waals surface area (Å²) in [6.45, 7) is 0. The lowest BCUT2D eigenvalue weighted by atomic mass is 9.88. The molecule has 0 bridgehead atoms. The number of hydrogen-bond acceptors (Lipinski definition) is 2. The smallest absolute Gasteiger partial charge is 0.133 e. The van der Waals surface area contributed by atoms with Gasteiger partial charge in [-0.05, 0) is 42.9 Å². The van der Waals surface area contributed by atoms with Crippen LogP contribution in [0, 0.1) is 17.1 Å². The van der Waals surface area contributed by atoms with Crippen LogP contribution in [0.3, 0.4) is 0 Å². The third-order valence-electron chi connectivity index (χ3n) is 4.58. The molecule has 2 aliphatic carbocycles. The monoisotopic (exact) mass is 258 g/mol. The minimum atomic E-state index is -0.667. The number of fused-ring (bicyclic) bond motifs is 1. The molecule has 2 aliphatic rings. The predicted octanol–water partition coefficient (Wildman–Crippen LogP) is 3.41. The van der Waals surface area contributed by atoms with Crippen molar-refractivity contribution in [3.05, 3.63) is 35.1 Å². The average Bonchev–Trinajstić information content (AvgIpc) is 2.81. The number of hydrogen-bond donors (Lipinski definition) is 1. The molecule has 0 aromatic heterocycles. The molecule has 1 aromatic carbocycles. The van der Waals surface area contributed by atoms with E-state index in [1.807, 2.05) is 6.07 Å². The molecular formula is C16H19FN2. The topological polar surface area (TPSA) is 35.8 Å². The van der Waals surface area contributed by atoms with Crippen molar-refractivity contribution < 1.29 is 4.39 Å². The number of benzene rings is 1. The second-order valence-electron chi connectivity index (χ2n) is 5.76. The average molecular weight is 258 g/mol. The third-order valence-corrected chi connectivity index (χ3v) is 4.58. The van der Waals surface area contributed by atoms with Crippen molar-refractivity contribution in [2.24, 2.45) is 0 Å². The Hall–Kier alpha value is -1.40. The summed E-state index contributed by atoms with van der Waals surface area (Å²) in [5.41, 5.74) is 0.923. The van der Waals surface area contributed by atoms with Gasteiger partial charge < -0.3 is 0 Å². The van der Waals surface area contributed by atoms with Gasteiger partial charge in [-0.15, -0.1) is 0 Å². The first-order chi connectivity index (χ1) is 9.25. The molecule has 100 valence electrons. The summed E-state index contributed by atoms with van der Waals surface area (Å²) in [6.07, 6.45) is 7.38. The van der Waals surface area contributed by atoms with Crippen LogP contribution >= 0.6 is 0 Å². The Morgan fingerprint density at radius 3 is 2.79 bits per heavy atom. The Balaban J connectivity index is 1.90. The van der Waals surface area contributed by atoms with Crippen LogP contribution in [-0.4, -0.2) is 6.04 Å². The van der Waals surface area contributed by atoms with Crippen LogP contribution in [-0.2, 0) is 12.0 Å². The van der Waals surface area contributed by atoms with Crippen molar-refractivity contribution in [1.29, 1.82) is 5.26 Å². The maximum absolute atomic E-state index is 13.8. The van der Waals surface area contributed by atoms with E-state index >= 15 is 0 Å². The first-order valence-corrected chi connectivity index (χ1v) is 7.22. The van der Waals surface area contributed by atoms with E-state index in [4.69, 9.17) is 0 Å². The van der Waals surface area contributed by atoms with E-state index < -0.39 is 5.54 Å². The first-order valence-electron chi connectivity index (χ1n) is 7.22. The molecule has 2 nitrogen and oxygen atoms in total. The van der Waals surface area contributed by atoms with Gasteiger partial charge in [0.1, 0.15) is 11.4 Å². The molecule has 0 radical (unpaired) electrons. The van der Waals surface area contributed by atoms with Gasteiger partial charge in [-0.2, -0.15) is 5.26 Å². The van der Waals surface area contributed by atoms with Crippen LogP contribution in [0.4, 0.5) is 4.39 Å². The van der Waals surface area contributed by atoms with Crippen molar-refractivity contribution in [3.8, 4) is 6.07 Å². The van der Waals surface area contributed by atoms with Gasteiger partial charge in [0.2, 0.25) is 0 Å². The lowest BCUT2D eigenvalue weighted by molar-refractivity contribution is 0.295. The van der Waals surface area contributed by atoms with E-state index in [-0.39, 0.29) is 5.82 Å². The van der Waals surface area contributed by atoms with E-state index in [0.29, 0.717) is 18.9 Å². The van der Waals surface area contributed by atoms with Gasteiger partial charge >= 0.3 is 0 Å². The molecule has 1 N–H and O–H groups in total. The van der Waals surface area contributed by atoms with Crippen LogP contribution in [0.25, 0.3) is 0 Å². The van der Waals surface area contributed by atoms with Gasteiger partial charge in [0.05, 0.1) is 6.07 Å². The van der Waals surface area contributed by atoms with Crippen molar-refractivity contribution >= 4 is 0 Å². The molecule has 19 heavy (non-hydrogen) atoms. The van der Waals surface area contributed by atoms with Crippen molar-refractivity contribution in [2.75, 3.05) is 0 Å². The Morgan fingerprint density at radius 1 is 1.26 bits per heavy atom. The second kappa shape index (κ2) is 4.94. The van der Waals surface area contributed by atoms with Crippen molar-refractivity contribution in [3.63, 3.8) is 0 Å². The van der Waals surface area contributed by atoms with E-state index in [9.17, 15) is 9.65 Å². The maximum Gasteiger partial charge on any atom is 0.133 e. The lowest BCUT2D eigenvalue weighted by Crippen LogP contribution is -2.46. The Kier molecular flexibility index (Phi) is 3.28. The van der Waals surface area contributed by atoms with E-state index in [0.717, 1.165) is 24.0 Å². The van der Waals surface area contributed by atoms with Gasteiger partial charge in [0, 0.05) is 6.04 Å². The van der Waals surface area contributed by atoms with Gasteiger partial charge in [-0.3, -0.25) is 5.32 Å². The zero-order valence-electron chi connectivity index (χ0n) is 11.1. The summed E-state index contributed by atoms with van der Waals surface area (Å²) >= 11 is 0. The highest BCUT2D eigenvalue weighted by atomic mass is 19.1. The molecule has 1 unspecified atom stereocenters. The minimum absolute atomic E-state index is 0.167. The van der Waals surface area contributed by atoms with Crippen LogP contribution in [0.15, 0.2) is 18.2 Å². The molecule has 1 fully saturated rings. The maximum atomic E-state index is 13.8. The molecule has 0 amide bonds. The van der Waals surface area contributed by atoms with Crippen molar-refractivity contribution in [1.82, 2.24) is 5.32 Å². The first kappa shape index (κ1) is 12.6. The lowest BCUT2D eigenvalue weighted by Gasteiger charge is -2.32. The fourth-order valence-electron chi connectivity index (χ4n) is 3.55. The largest absolute Gasteiger partial charge is 0.293 e. The molecule has 1 atom stereocenters. The normalized spacial score (nSPS) is 26.9. The summed E-state index contributed by atoms with van der Waals surface area (Å²) in [5.74, 6) is -0.167. The molecule has 1 aromatic rings. The zero-order valence-corrected chi connectivity index (χ0v) is 11.1. The zero-order chi connectivity index (χ0) is 13.3. The highest BCUT2D eigenvalue weighted by molar-refractivity contribution is 5.44. The Bertz CT molecular complexity index is 514. The highest BCUT2D eigenvalue weighted by Gasteiger charge is 2.41. The Labute approximate surface area is 113 Å². The van der Waals surface area contributed by atoms with Gasteiger partial charge in [-0.25, -0.2) is 4.39 Å². The summed E-state index contributed by atoms with van der Waals surface area (Å²) < 4.78 is 13.8. The number of nitriles is 1. The molecule has 0 saturated heterocycles. The van der Waals surface area contributed by atoms with Crippen molar-refractivity contribution in [2.45, 2.75) is 56.5 Å². The van der Waals surface area contributed by atoms with E-state index in [1.54, 1.807) is 6.07 Å². The van der Waals surface area contributed by atoms with E-state index in [1.165, 1.54) is 25.3 Å². The summed E-state index contributed by atoms with van der Waals surface area (Å²) in [5, 5.41) is 13.2. The number of halogens is 1. The third kappa shape index (κ3) is 2.15. The Morgan fingerprint density at radius 2 is 2.05 bits per heavy atom. The molecule has 0 aliphatic heterocycles. The van der Waals surface area contributed by atoms with Crippen LogP contribution in [0.1, 0.15) is 49.7 Å². The van der Waals surface area contributed by atoms with Crippen LogP contribution in [0.2, 0.25) is 0 Å². The van der Waals surface area contributed by atoms with Gasteiger partial charge in [-0.1, -0.05) is 31.4 Å². The van der Waals surface area contributed by atoms with Crippen LogP contribution in [0.5, 0.6) is 0 Å². The molecular weight excluding hydrogens is 239 g/mol. The predicted molar refractivity (Wildman–Crippen MR) is 72.0 cm³/mol. The fourth-order valence-corrected chi connectivity index (χ4v) is 3.55. The van der Waals surface area contributed by atoms with Gasteiger partial charge in [0.15, 0.2) is 0 Å². The molecule has 3 rings (SSSR count). The summed E-state index contributed by atoms with van der Waals surface area (Å²) in [6, 6.07) is 7.95. The number of nitrogens with one attached hydrogen (secondary N) is 1. The minimum Gasteiger partial charge on any atom is -0.293 e. The highest BCUT2D eigenvalue weighted by Crippen LogP contribution is 2.39. The van der Waals surface area contributed by atoms with Gasteiger partial charge in [0.25, 0.3) is 0 Å². The fraction of sp³-hybridized carbons (Fsp3) is 0.562. The number of rotatable bonds is 2. The van der Waals surface area contributed by atoms with E-state index in [2.05, 4.69) is 11.4 Å². The summed E-state index contributed by atoms with van der Waals surface area (Å²) in [7, 11) is 0. The van der Waals surface area contributed by atoms with Crippen LogP contribution < -0.4 is 5.32 Å². The second-order valence-corrected chi connectivity index (χ2v) is 5.76.